The summed E-state index contributed by atoms with van der Waals surface area (Å²) in [4.78, 5) is 18.3. The first-order chi connectivity index (χ1) is 12.1. The molecular formula is C19H23ClN4O. The van der Waals surface area contributed by atoms with Gasteiger partial charge in [-0.2, -0.15) is 0 Å². The number of anilines is 2. The molecule has 2 aromatic rings. The normalized spacial score (nSPS) is 17.2. The average Bonchev–Trinajstić information content (AvgIpc) is 2.62. The van der Waals surface area contributed by atoms with Crippen LogP contribution in [0.4, 0.5) is 16.2 Å². The van der Waals surface area contributed by atoms with Crippen LogP contribution in [0.25, 0.3) is 0 Å². The fourth-order valence-corrected chi connectivity index (χ4v) is 3.24. The third-order valence-corrected chi connectivity index (χ3v) is 4.72. The molecule has 0 aliphatic carbocycles. The van der Waals surface area contributed by atoms with Crippen molar-refractivity contribution >= 4 is 29.0 Å². The molecule has 1 unspecified atom stereocenters. The van der Waals surface area contributed by atoms with Gasteiger partial charge in [0.05, 0.1) is 5.69 Å². The molecule has 3 rings (SSSR count). The van der Waals surface area contributed by atoms with Gasteiger partial charge in [-0.3, -0.25) is 0 Å². The van der Waals surface area contributed by atoms with Gasteiger partial charge in [0.25, 0.3) is 0 Å². The molecule has 6 heteroatoms. The van der Waals surface area contributed by atoms with Crippen LogP contribution in [-0.4, -0.2) is 24.1 Å². The smallest absolute Gasteiger partial charge is 0.319 e. The summed E-state index contributed by atoms with van der Waals surface area (Å²) in [5.41, 5.74) is 2.80. The van der Waals surface area contributed by atoms with E-state index in [-0.39, 0.29) is 11.2 Å². The summed E-state index contributed by atoms with van der Waals surface area (Å²) in [5.74, 6) is 0.748. The monoisotopic (exact) mass is 358 g/mol. The molecule has 0 spiro atoms. The van der Waals surface area contributed by atoms with E-state index in [0.717, 1.165) is 24.6 Å². The van der Waals surface area contributed by atoms with Crippen molar-refractivity contribution in [3.8, 4) is 0 Å². The van der Waals surface area contributed by atoms with Gasteiger partial charge in [-0.15, -0.1) is 0 Å². The van der Waals surface area contributed by atoms with Crippen LogP contribution in [0, 0.1) is 5.92 Å². The lowest BCUT2D eigenvalue weighted by molar-refractivity contribution is 0.251. The number of hydrogen-bond acceptors (Lipinski definition) is 3. The first kappa shape index (κ1) is 17.5. The minimum absolute atomic E-state index is 0.276. The van der Waals surface area contributed by atoms with Gasteiger partial charge in [-0.1, -0.05) is 30.7 Å². The second-order valence-electron chi connectivity index (χ2n) is 6.51. The first-order valence-corrected chi connectivity index (χ1v) is 8.99. The van der Waals surface area contributed by atoms with Crippen LogP contribution in [0.1, 0.15) is 25.3 Å². The minimum atomic E-state index is -0.302. The molecule has 2 amide bonds. The second kappa shape index (κ2) is 8.21. The highest BCUT2D eigenvalue weighted by Crippen LogP contribution is 2.23. The molecule has 1 saturated heterocycles. The molecule has 1 aliphatic heterocycles. The quantitative estimate of drug-likeness (QED) is 0.801. The molecule has 1 aromatic carbocycles. The number of rotatable bonds is 4. The number of benzene rings is 1. The van der Waals surface area contributed by atoms with E-state index in [2.05, 4.69) is 51.7 Å². The highest BCUT2D eigenvalue weighted by Gasteiger charge is 2.16. The van der Waals surface area contributed by atoms with Gasteiger partial charge in [-0.05, 0) is 48.6 Å². The van der Waals surface area contributed by atoms with Crippen molar-refractivity contribution in [2.45, 2.75) is 26.3 Å². The molecular weight excluding hydrogens is 336 g/mol. The summed E-state index contributed by atoms with van der Waals surface area (Å²) in [7, 11) is 0. The molecule has 0 bridgehead atoms. The van der Waals surface area contributed by atoms with Crippen LogP contribution in [0.5, 0.6) is 0 Å². The van der Waals surface area contributed by atoms with Crippen molar-refractivity contribution in [2.75, 3.05) is 23.3 Å². The number of piperidine rings is 1. The van der Waals surface area contributed by atoms with E-state index >= 15 is 0 Å². The van der Waals surface area contributed by atoms with E-state index in [0.29, 0.717) is 12.2 Å². The van der Waals surface area contributed by atoms with Crippen LogP contribution >= 0.6 is 11.6 Å². The number of aromatic nitrogens is 1. The number of urea groups is 1. The highest BCUT2D eigenvalue weighted by atomic mass is 35.5. The number of amides is 2. The predicted molar refractivity (Wildman–Crippen MR) is 102 cm³/mol. The maximum Gasteiger partial charge on any atom is 0.319 e. The number of carbonyl (C=O) groups is 1. The van der Waals surface area contributed by atoms with Crippen LogP contribution in [0.3, 0.4) is 0 Å². The summed E-state index contributed by atoms with van der Waals surface area (Å²) >= 11 is 5.93. The van der Waals surface area contributed by atoms with Gasteiger partial charge < -0.3 is 15.5 Å². The molecule has 1 fully saturated rings. The van der Waals surface area contributed by atoms with E-state index in [1.807, 2.05) is 0 Å². The maximum absolute atomic E-state index is 12.0. The van der Waals surface area contributed by atoms with Crippen LogP contribution in [0.15, 0.2) is 42.6 Å². The topological polar surface area (TPSA) is 57.3 Å². The van der Waals surface area contributed by atoms with E-state index < -0.39 is 0 Å². The molecule has 132 valence electrons. The second-order valence-corrected chi connectivity index (χ2v) is 6.87. The molecule has 25 heavy (non-hydrogen) atoms. The number of nitrogens with one attached hydrogen (secondary N) is 2. The number of pyridine rings is 1. The SMILES string of the molecule is CC1CCCN(c2ccc(CNC(=O)Nc3cccnc3Cl)cc2)C1. The van der Waals surface area contributed by atoms with Crippen LogP contribution < -0.4 is 15.5 Å². The first-order valence-electron chi connectivity index (χ1n) is 8.61. The number of nitrogens with zero attached hydrogens (tertiary/aromatic N) is 2. The zero-order chi connectivity index (χ0) is 17.6. The van der Waals surface area contributed by atoms with Crippen molar-refractivity contribution in [1.29, 1.82) is 0 Å². The van der Waals surface area contributed by atoms with E-state index in [1.54, 1.807) is 18.3 Å². The Morgan fingerprint density at radius 2 is 2.12 bits per heavy atom. The minimum Gasteiger partial charge on any atom is -0.371 e. The summed E-state index contributed by atoms with van der Waals surface area (Å²) in [6.07, 6.45) is 4.15. The maximum atomic E-state index is 12.0. The Hall–Kier alpha value is -2.27. The third kappa shape index (κ3) is 4.86. The van der Waals surface area contributed by atoms with Gasteiger partial charge in [0.2, 0.25) is 0 Å². The lowest BCUT2D eigenvalue weighted by Gasteiger charge is -2.32. The molecule has 2 heterocycles. The van der Waals surface area contributed by atoms with E-state index in [9.17, 15) is 4.79 Å². The Morgan fingerprint density at radius 1 is 1.32 bits per heavy atom. The Bertz CT molecular complexity index is 720. The Labute approximate surface area is 153 Å². The van der Waals surface area contributed by atoms with Gasteiger partial charge in [0.1, 0.15) is 0 Å². The van der Waals surface area contributed by atoms with Crippen molar-refractivity contribution in [2.24, 2.45) is 5.92 Å². The molecule has 1 aromatic heterocycles. The Balaban J connectivity index is 1.51. The van der Waals surface area contributed by atoms with E-state index in [4.69, 9.17) is 11.6 Å². The lowest BCUT2D eigenvalue weighted by atomic mass is 9.99. The van der Waals surface area contributed by atoms with Crippen LogP contribution in [-0.2, 0) is 6.54 Å². The van der Waals surface area contributed by atoms with Gasteiger partial charge in [0, 0.05) is 31.5 Å². The summed E-state index contributed by atoms with van der Waals surface area (Å²) in [5, 5.41) is 5.80. The Kier molecular flexibility index (Phi) is 5.76. The molecule has 1 atom stereocenters. The van der Waals surface area contributed by atoms with Crippen molar-refractivity contribution < 1.29 is 4.79 Å². The molecule has 0 saturated carbocycles. The lowest BCUT2D eigenvalue weighted by Crippen LogP contribution is -2.34. The standard InChI is InChI=1S/C19H23ClN4O/c1-14-4-3-11-24(13-14)16-8-6-15(7-9-16)12-22-19(25)23-17-5-2-10-21-18(17)20/h2,5-10,14H,3-4,11-13H2,1H3,(H2,22,23,25). The van der Waals surface area contributed by atoms with E-state index in [1.165, 1.54) is 18.5 Å². The van der Waals surface area contributed by atoms with Crippen molar-refractivity contribution in [1.82, 2.24) is 10.3 Å². The largest absolute Gasteiger partial charge is 0.371 e. The highest BCUT2D eigenvalue weighted by molar-refractivity contribution is 6.32. The summed E-state index contributed by atoms with van der Waals surface area (Å²) in [6.45, 7) is 5.00. The Morgan fingerprint density at radius 3 is 2.84 bits per heavy atom. The molecule has 1 aliphatic rings. The van der Waals surface area contributed by atoms with Gasteiger partial charge in [0.15, 0.2) is 5.15 Å². The fraction of sp³-hybridized carbons (Fsp3) is 0.368. The number of hydrogen-bond donors (Lipinski definition) is 2. The number of halogens is 1. The van der Waals surface area contributed by atoms with Crippen LogP contribution in [0.2, 0.25) is 5.15 Å². The molecule has 5 nitrogen and oxygen atoms in total. The zero-order valence-electron chi connectivity index (χ0n) is 14.3. The molecule has 2 N–H and O–H groups in total. The molecule has 0 radical (unpaired) electrons. The summed E-state index contributed by atoms with van der Waals surface area (Å²) in [6, 6.07) is 11.5. The van der Waals surface area contributed by atoms with Gasteiger partial charge >= 0.3 is 6.03 Å². The van der Waals surface area contributed by atoms with Gasteiger partial charge in [-0.25, -0.2) is 9.78 Å². The fourth-order valence-electron chi connectivity index (χ4n) is 3.08. The summed E-state index contributed by atoms with van der Waals surface area (Å²) < 4.78 is 0. The number of carbonyl (C=O) groups excluding carboxylic acids is 1. The average molecular weight is 359 g/mol. The zero-order valence-corrected chi connectivity index (χ0v) is 15.1. The predicted octanol–water partition coefficient (Wildman–Crippen LogP) is 4.29. The third-order valence-electron chi connectivity index (χ3n) is 4.42. The van der Waals surface area contributed by atoms with Crippen molar-refractivity contribution in [3.63, 3.8) is 0 Å². The van der Waals surface area contributed by atoms with Crippen molar-refractivity contribution in [3.05, 3.63) is 53.3 Å².